The highest BCUT2D eigenvalue weighted by atomic mass is 32.2. The van der Waals surface area contributed by atoms with Crippen LogP contribution in [0.2, 0.25) is 0 Å². The van der Waals surface area contributed by atoms with Crippen molar-refractivity contribution in [2.45, 2.75) is 24.2 Å². The summed E-state index contributed by atoms with van der Waals surface area (Å²) < 4.78 is 27.0. The lowest BCUT2D eigenvalue weighted by Crippen LogP contribution is -2.30. The van der Waals surface area contributed by atoms with E-state index >= 15 is 0 Å². The molecular weight excluding hydrogens is 300 g/mol. The van der Waals surface area contributed by atoms with Crippen LogP contribution in [0.5, 0.6) is 0 Å². The van der Waals surface area contributed by atoms with Gasteiger partial charge >= 0.3 is 0 Å². The van der Waals surface area contributed by atoms with E-state index in [0.717, 1.165) is 31.7 Å². The van der Waals surface area contributed by atoms with Crippen LogP contribution in [0.1, 0.15) is 19.3 Å². The fourth-order valence-electron chi connectivity index (χ4n) is 2.46. The molecule has 6 nitrogen and oxygen atoms in total. The standard InChI is InChI=1S/C15H18N4O2S/c20-22(21,18-14-6-2-3-9-16-14)13-7-8-15(17-12-13)19-10-4-1-5-11-19/h2-3,6-9,12H,1,4-5,10-11H2,(H,16,18). The summed E-state index contributed by atoms with van der Waals surface area (Å²) in [5.41, 5.74) is 0. The molecule has 1 aliphatic rings. The third-order valence-electron chi connectivity index (χ3n) is 3.61. The Hall–Kier alpha value is -2.15. The maximum atomic E-state index is 12.3. The first-order valence-corrected chi connectivity index (χ1v) is 8.78. The minimum absolute atomic E-state index is 0.138. The van der Waals surface area contributed by atoms with Crippen LogP contribution in [-0.4, -0.2) is 31.5 Å². The zero-order valence-electron chi connectivity index (χ0n) is 12.1. The van der Waals surface area contributed by atoms with Gasteiger partial charge in [0.05, 0.1) is 0 Å². The zero-order valence-corrected chi connectivity index (χ0v) is 13.0. The molecule has 0 bridgehead atoms. The van der Waals surface area contributed by atoms with Gasteiger partial charge in [-0.2, -0.15) is 0 Å². The Balaban J connectivity index is 1.76. The third-order valence-corrected chi connectivity index (χ3v) is 4.95. The van der Waals surface area contributed by atoms with Gasteiger partial charge in [-0.25, -0.2) is 18.4 Å². The summed E-state index contributed by atoms with van der Waals surface area (Å²) in [6.45, 7) is 1.95. The monoisotopic (exact) mass is 318 g/mol. The van der Waals surface area contributed by atoms with Crippen molar-refractivity contribution in [3.63, 3.8) is 0 Å². The maximum absolute atomic E-state index is 12.3. The van der Waals surface area contributed by atoms with Crippen molar-refractivity contribution in [2.24, 2.45) is 0 Å². The largest absolute Gasteiger partial charge is 0.357 e. The van der Waals surface area contributed by atoms with Crippen LogP contribution < -0.4 is 9.62 Å². The molecule has 0 atom stereocenters. The second kappa shape index (κ2) is 6.31. The van der Waals surface area contributed by atoms with Gasteiger partial charge in [0.25, 0.3) is 10.0 Å². The SMILES string of the molecule is O=S(=O)(Nc1ccccn1)c1ccc(N2CCCCC2)nc1. The lowest BCUT2D eigenvalue weighted by molar-refractivity contribution is 0.573. The Morgan fingerprint density at radius 3 is 2.45 bits per heavy atom. The lowest BCUT2D eigenvalue weighted by atomic mass is 10.1. The molecule has 3 heterocycles. The number of pyridine rings is 2. The molecule has 0 saturated carbocycles. The van der Waals surface area contributed by atoms with Crippen LogP contribution in [0.25, 0.3) is 0 Å². The highest BCUT2D eigenvalue weighted by molar-refractivity contribution is 7.92. The number of piperidine rings is 1. The molecule has 1 saturated heterocycles. The van der Waals surface area contributed by atoms with E-state index in [0.29, 0.717) is 5.82 Å². The normalized spacial score (nSPS) is 15.5. The first kappa shape index (κ1) is 14.8. The van der Waals surface area contributed by atoms with Crippen molar-refractivity contribution < 1.29 is 8.42 Å². The number of nitrogens with one attached hydrogen (secondary N) is 1. The van der Waals surface area contributed by atoms with Crippen molar-refractivity contribution in [2.75, 3.05) is 22.7 Å². The number of anilines is 2. The molecule has 116 valence electrons. The highest BCUT2D eigenvalue weighted by Crippen LogP contribution is 2.20. The molecule has 0 spiro atoms. The summed E-state index contributed by atoms with van der Waals surface area (Å²) in [5.74, 6) is 1.12. The minimum atomic E-state index is -3.65. The van der Waals surface area contributed by atoms with E-state index in [1.165, 1.54) is 18.8 Å². The van der Waals surface area contributed by atoms with Gasteiger partial charge in [0.2, 0.25) is 0 Å². The fourth-order valence-corrected chi connectivity index (χ4v) is 3.41. The molecule has 3 rings (SSSR count). The molecule has 22 heavy (non-hydrogen) atoms. The second-order valence-electron chi connectivity index (χ2n) is 5.22. The van der Waals surface area contributed by atoms with Gasteiger partial charge < -0.3 is 4.90 Å². The van der Waals surface area contributed by atoms with Crippen molar-refractivity contribution in [3.8, 4) is 0 Å². The second-order valence-corrected chi connectivity index (χ2v) is 6.90. The summed E-state index contributed by atoms with van der Waals surface area (Å²) in [6, 6.07) is 8.41. The lowest BCUT2D eigenvalue weighted by Gasteiger charge is -2.27. The number of hydrogen-bond donors (Lipinski definition) is 1. The van der Waals surface area contributed by atoms with E-state index in [1.807, 2.05) is 0 Å². The Bertz CT molecular complexity index is 711. The number of aromatic nitrogens is 2. The average Bonchev–Trinajstić information content (AvgIpc) is 2.56. The van der Waals surface area contributed by atoms with Crippen molar-refractivity contribution in [1.82, 2.24) is 9.97 Å². The number of sulfonamides is 1. The molecule has 1 fully saturated rings. The van der Waals surface area contributed by atoms with Gasteiger partial charge in [0.15, 0.2) is 0 Å². The topological polar surface area (TPSA) is 75.2 Å². The van der Waals surface area contributed by atoms with Crippen LogP contribution in [0.3, 0.4) is 0 Å². The molecule has 2 aromatic heterocycles. The first-order chi connectivity index (χ1) is 10.6. The van der Waals surface area contributed by atoms with Crippen molar-refractivity contribution >= 4 is 21.7 Å². The van der Waals surface area contributed by atoms with Gasteiger partial charge in [0, 0.05) is 25.5 Å². The average molecular weight is 318 g/mol. The van der Waals surface area contributed by atoms with E-state index in [-0.39, 0.29) is 4.90 Å². The minimum Gasteiger partial charge on any atom is -0.357 e. The van der Waals surface area contributed by atoms with Crippen LogP contribution >= 0.6 is 0 Å². The summed E-state index contributed by atoms with van der Waals surface area (Å²) >= 11 is 0. The van der Waals surface area contributed by atoms with Crippen molar-refractivity contribution in [3.05, 3.63) is 42.7 Å². The van der Waals surface area contributed by atoms with Crippen molar-refractivity contribution in [1.29, 1.82) is 0 Å². The summed E-state index contributed by atoms with van der Waals surface area (Å²) in [7, 11) is -3.65. The van der Waals surface area contributed by atoms with Crippen LogP contribution in [0.15, 0.2) is 47.6 Å². The molecule has 7 heteroatoms. The molecule has 2 aromatic rings. The van der Waals surface area contributed by atoms with E-state index in [4.69, 9.17) is 0 Å². The van der Waals surface area contributed by atoms with Crippen LogP contribution in [0.4, 0.5) is 11.6 Å². The summed E-state index contributed by atoms with van der Waals surface area (Å²) in [4.78, 5) is 10.6. The maximum Gasteiger partial charge on any atom is 0.264 e. The number of nitrogens with zero attached hydrogens (tertiary/aromatic N) is 3. The smallest absolute Gasteiger partial charge is 0.264 e. The molecule has 1 N–H and O–H groups in total. The van der Waals surface area contributed by atoms with E-state index < -0.39 is 10.0 Å². The molecule has 1 aliphatic heterocycles. The molecule has 0 unspecified atom stereocenters. The molecule has 0 aromatic carbocycles. The predicted molar refractivity (Wildman–Crippen MR) is 85.3 cm³/mol. The van der Waals surface area contributed by atoms with Crippen LogP contribution in [-0.2, 0) is 10.0 Å². The van der Waals surface area contributed by atoms with Gasteiger partial charge in [-0.05, 0) is 43.5 Å². The molecule has 0 amide bonds. The Morgan fingerprint density at radius 1 is 1.00 bits per heavy atom. The predicted octanol–water partition coefficient (Wildman–Crippen LogP) is 2.27. The van der Waals surface area contributed by atoms with Crippen LogP contribution in [0, 0.1) is 0 Å². The zero-order chi connectivity index (χ0) is 15.4. The molecular formula is C15H18N4O2S. The van der Waals surface area contributed by atoms with E-state index in [2.05, 4.69) is 19.6 Å². The van der Waals surface area contributed by atoms with Gasteiger partial charge in [-0.3, -0.25) is 4.72 Å². The Labute approximate surface area is 130 Å². The Morgan fingerprint density at radius 2 is 1.82 bits per heavy atom. The quantitative estimate of drug-likeness (QED) is 0.936. The number of hydrogen-bond acceptors (Lipinski definition) is 5. The first-order valence-electron chi connectivity index (χ1n) is 7.30. The third kappa shape index (κ3) is 3.36. The van der Waals surface area contributed by atoms with Gasteiger partial charge in [-0.1, -0.05) is 6.07 Å². The molecule has 0 radical (unpaired) electrons. The van der Waals surface area contributed by atoms with E-state index in [9.17, 15) is 8.42 Å². The fraction of sp³-hybridized carbons (Fsp3) is 0.333. The van der Waals surface area contributed by atoms with Gasteiger partial charge in [0.1, 0.15) is 16.5 Å². The van der Waals surface area contributed by atoms with Gasteiger partial charge in [-0.15, -0.1) is 0 Å². The summed E-state index contributed by atoms with van der Waals surface area (Å²) in [6.07, 6.45) is 6.49. The van der Waals surface area contributed by atoms with E-state index in [1.54, 1.807) is 30.3 Å². The Kier molecular flexibility index (Phi) is 4.24. The molecule has 0 aliphatic carbocycles. The summed E-state index contributed by atoms with van der Waals surface area (Å²) in [5, 5.41) is 0. The highest BCUT2D eigenvalue weighted by Gasteiger charge is 2.17. The number of rotatable bonds is 4.